The summed E-state index contributed by atoms with van der Waals surface area (Å²) >= 11 is 0. The second-order valence-electron chi connectivity index (χ2n) is 2.57. The number of hydrogen-bond donors (Lipinski definition) is 0. The predicted octanol–water partition coefficient (Wildman–Crippen LogP) is 1.92. The Labute approximate surface area is 85.1 Å². The van der Waals surface area contributed by atoms with Crippen molar-refractivity contribution >= 4 is 11.9 Å². The van der Waals surface area contributed by atoms with Crippen LogP contribution >= 0.6 is 0 Å². The molecule has 15 heavy (non-hydrogen) atoms. The Bertz CT molecular complexity index is 450. The molecule has 6 nitrogen and oxygen atoms in total. The third-order valence-electron chi connectivity index (χ3n) is 1.67. The van der Waals surface area contributed by atoms with Crippen LogP contribution in [0.4, 0.5) is 0 Å². The van der Waals surface area contributed by atoms with Crippen LogP contribution in [0.1, 0.15) is 20.7 Å². The maximum atomic E-state index is 11.1. The van der Waals surface area contributed by atoms with Crippen molar-refractivity contribution in [3.05, 3.63) is 45.8 Å². The molecular weight excluding hydrogens is 198 g/mol. The number of esters is 1. The van der Waals surface area contributed by atoms with Gasteiger partial charge in [0.25, 0.3) is 0 Å². The molecule has 0 aromatic heterocycles. The number of benzene rings is 1. The molecule has 76 valence electrons. The maximum Gasteiger partial charge on any atom is 0.337 e. The lowest BCUT2D eigenvalue weighted by atomic mass is 10.1. The minimum absolute atomic E-state index is 0.149. The van der Waals surface area contributed by atoms with E-state index in [0.29, 0.717) is 0 Å². The van der Waals surface area contributed by atoms with Gasteiger partial charge >= 0.3 is 5.97 Å². The molecule has 0 spiro atoms. The Balaban J connectivity index is 3.07. The Morgan fingerprint density at radius 1 is 1.40 bits per heavy atom. The summed E-state index contributed by atoms with van der Waals surface area (Å²) in [6, 6.07) is 5.76. The van der Waals surface area contributed by atoms with E-state index in [9.17, 15) is 9.59 Å². The summed E-state index contributed by atoms with van der Waals surface area (Å²) in [5.41, 5.74) is 8.45. The summed E-state index contributed by atoms with van der Waals surface area (Å²) in [5, 5.41) is 2.91. The van der Waals surface area contributed by atoms with Gasteiger partial charge in [0.15, 0.2) is 0 Å². The summed E-state index contributed by atoms with van der Waals surface area (Å²) in [6.07, 6.45) is 0. The Morgan fingerprint density at radius 2 is 2.07 bits per heavy atom. The lowest BCUT2D eigenvalue weighted by Gasteiger charge is -2.00. The lowest BCUT2D eigenvalue weighted by Crippen LogP contribution is -2.03. The van der Waals surface area contributed by atoms with Crippen LogP contribution in [0.5, 0.6) is 0 Å². The zero-order valence-electron chi connectivity index (χ0n) is 7.88. The fourth-order valence-corrected chi connectivity index (χ4v) is 0.995. The number of nitrogens with zero attached hydrogens (tertiary/aromatic N) is 3. The molecule has 0 aliphatic rings. The van der Waals surface area contributed by atoms with Gasteiger partial charge in [-0.1, -0.05) is 12.1 Å². The van der Waals surface area contributed by atoms with Crippen molar-refractivity contribution in [3.8, 4) is 0 Å². The van der Waals surface area contributed by atoms with E-state index >= 15 is 0 Å². The van der Waals surface area contributed by atoms with E-state index in [0.717, 1.165) is 0 Å². The standard InChI is InChI=1S/C9H7N3O3/c1-15-9(14)7-4-2-3-6(5-7)8(13)11-12-10/h2-5H,1H3. The average Bonchev–Trinajstić information content (AvgIpc) is 2.28. The number of hydrogen-bond acceptors (Lipinski definition) is 3. The first-order chi connectivity index (χ1) is 7.19. The topological polar surface area (TPSA) is 92.1 Å². The summed E-state index contributed by atoms with van der Waals surface area (Å²) in [6.45, 7) is 0. The molecule has 0 bridgehead atoms. The van der Waals surface area contributed by atoms with Gasteiger partial charge in [-0.2, -0.15) is 0 Å². The van der Waals surface area contributed by atoms with Crippen molar-refractivity contribution in [1.82, 2.24) is 0 Å². The molecular formula is C9H7N3O3. The third-order valence-corrected chi connectivity index (χ3v) is 1.67. The normalized spacial score (nSPS) is 8.87. The van der Waals surface area contributed by atoms with Crippen molar-refractivity contribution in [2.24, 2.45) is 5.11 Å². The molecule has 0 N–H and O–H groups in total. The molecule has 1 amide bonds. The molecule has 0 saturated heterocycles. The van der Waals surface area contributed by atoms with Gasteiger partial charge in [-0.05, 0) is 22.8 Å². The van der Waals surface area contributed by atoms with Crippen molar-refractivity contribution in [1.29, 1.82) is 0 Å². The molecule has 0 aliphatic carbocycles. The van der Waals surface area contributed by atoms with Gasteiger partial charge < -0.3 is 4.74 Å². The fraction of sp³-hybridized carbons (Fsp3) is 0.111. The van der Waals surface area contributed by atoms with E-state index in [1.54, 1.807) is 0 Å². The molecule has 0 unspecified atom stereocenters. The highest BCUT2D eigenvalue weighted by molar-refractivity contribution is 5.98. The van der Waals surface area contributed by atoms with Gasteiger partial charge in [0, 0.05) is 10.5 Å². The second kappa shape index (κ2) is 4.78. The van der Waals surface area contributed by atoms with Gasteiger partial charge in [0.1, 0.15) is 0 Å². The number of amides is 1. The van der Waals surface area contributed by atoms with Crippen LogP contribution in [0, 0.1) is 0 Å². The summed E-state index contributed by atoms with van der Waals surface area (Å²) in [5.74, 6) is -1.28. The van der Waals surface area contributed by atoms with Crippen LogP contribution in [-0.2, 0) is 4.74 Å². The van der Waals surface area contributed by atoms with Gasteiger partial charge in [0.05, 0.1) is 12.7 Å². The third kappa shape index (κ3) is 2.55. The highest BCUT2D eigenvalue weighted by Gasteiger charge is 2.08. The van der Waals surface area contributed by atoms with Crippen LogP contribution in [0.15, 0.2) is 29.4 Å². The molecule has 1 aromatic carbocycles. The Morgan fingerprint density at radius 3 is 2.67 bits per heavy atom. The highest BCUT2D eigenvalue weighted by atomic mass is 16.5. The van der Waals surface area contributed by atoms with Gasteiger partial charge in [-0.3, -0.25) is 4.79 Å². The smallest absolute Gasteiger partial charge is 0.337 e. The molecule has 1 aromatic rings. The largest absolute Gasteiger partial charge is 0.465 e. The predicted molar refractivity (Wildman–Crippen MR) is 51.3 cm³/mol. The summed E-state index contributed by atoms with van der Waals surface area (Å²) in [7, 11) is 1.24. The van der Waals surface area contributed by atoms with Gasteiger partial charge in [0.2, 0.25) is 5.91 Å². The van der Waals surface area contributed by atoms with Crippen LogP contribution < -0.4 is 0 Å². The first kappa shape index (κ1) is 10.7. The summed E-state index contributed by atoms with van der Waals surface area (Å²) in [4.78, 5) is 24.6. The van der Waals surface area contributed by atoms with E-state index in [1.165, 1.54) is 31.4 Å². The van der Waals surface area contributed by atoms with Crippen molar-refractivity contribution in [2.45, 2.75) is 0 Å². The zero-order valence-corrected chi connectivity index (χ0v) is 7.88. The second-order valence-corrected chi connectivity index (χ2v) is 2.57. The monoisotopic (exact) mass is 205 g/mol. The van der Waals surface area contributed by atoms with Gasteiger partial charge in [-0.15, -0.1) is 0 Å². The minimum Gasteiger partial charge on any atom is -0.465 e. The molecule has 0 atom stereocenters. The first-order valence-electron chi connectivity index (χ1n) is 3.97. The van der Waals surface area contributed by atoms with E-state index in [1.807, 2.05) is 0 Å². The molecule has 0 radical (unpaired) electrons. The lowest BCUT2D eigenvalue weighted by molar-refractivity contribution is 0.0600. The quantitative estimate of drug-likeness (QED) is 0.319. The van der Waals surface area contributed by atoms with Crippen LogP contribution in [0.3, 0.4) is 0 Å². The fourth-order valence-electron chi connectivity index (χ4n) is 0.995. The van der Waals surface area contributed by atoms with Crippen molar-refractivity contribution in [3.63, 3.8) is 0 Å². The van der Waals surface area contributed by atoms with E-state index < -0.39 is 11.9 Å². The molecule has 1 rings (SSSR count). The number of ether oxygens (including phenoxy) is 1. The minimum atomic E-state index is -0.733. The number of carbonyl (C=O) groups is 2. The average molecular weight is 205 g/mol. The van der Waals surface area contributed by atoms with Crippen LogP contribution in [0.2, 0.25) is 0 Å². The highest BCUT2D eigenvalue weighted by Crippen LogP contribution is 2.07. The van der Waals surface area contributed by atoms with Gasteiger partial charge in [-0.25, -0.2) is 4.79 Å². The number of azide groups is 1. The molecule has 0 aliphatic heterocycles. The van der Waals surface area contributed by atoms with Crippen LogP contribution in [0.25, 0.3) is 10.4 Å². The SMILES string of the molecule is COC(=O)c1cccc(C(=O)N=[N+]=[N-])c1. The van der Waals surface area contributed by atoms with E-state index in [4.69, 9.17) is 5.53 Å². The Hall–Kier alpha value is -2.33. The number of rotatable bonds is 2. The maximum absolute atomic E-state index is 11.1. The zero-order chi connectivity index (χ0) is 11.3. The number of carbonyl (C=O) groups excluding carboxylic acids is 2. The molecule has 0 saturated carbocycles. The van der Waals surface area contributed by atoms with Crippen LogP contribution in [-0.4, -0.2) is 19.0 Å². The van der Waals surface area contributed by atoms with Crippen molar-refractivity contribution < 1.29 is 14.3 Å². The summed E-state index contributed by atoms with van der Waals surface area (Å²) < 4.78 is 4.48. The Kier molecular flexibility index (Phi) is 3.43. The van der Waals surface area contributed by atoms with E-state index in [2.05, 4.69) is 14.8 Å². The van der Waals surface area contributed by atoms with E-state index in [-0.39, 0.29) is 11.1 Å². The molecule has 0 fully saturated rings. The molecule has 0 heterocycles. The molecule has 6 heteroatoms. The first-order valence-corrected chi connectivity index (χ1v) is 3.97. The number of methoxy groups -OCH3 is 1. The van der Waals surface area contributed by atoms with Crippen molar-refractivity contribution in [2.75, 3.05) is 7.11 Å².